The summed E-state index contributed by atoms with van der Waals surface area (Å²) < 4.78 is 6.14. The maximum atomic E-state index is 11.6. The molecule has 108 valence electrons. The minimum Gasteiger partial charge on any atom is -0.394 e. The number of aliphatic hydroxyl groups excluding tert-OH is 4. The number of aliphatic hydroxyl groups is 4. The lowest BCUT2D eigenvalue weighted by atomic mass is 10.2. The first-order chi connectivity index (χ1) is 9.03. The molecule has 19 heavy (non-hydrogen) atoms. The predicted molar refractivity (Wildman–Crippen MR) is 64.1 cm³/mol. The van der Waals surface area contributed by atoms with Gasteiger partial charge in [-0.2, -0.15) is 4.98 Å². The van der Waals surface area contributed by atoms with Crippen LogP contribution >= 0.6 is 0 Å². The van der Waals surface area contributed by atoms with Crippen molar-refractivity contribution in [2.75, 3.05) is 25.6 Å². The molecule has 0 saturated heterocycles. The summed E-state index contributed by atoms with van der Waals surface area (Å²) in [6.45, 7) is -1.80. The van der Waals surface area contributed by atoms with Gasteiger partial charge in [0.1, 0.15) is 18.0 Å². The van der Waals surface area contributed by atoms with Gasteiger partial charge in [0, 0.05) is 6.20 Å². The zero-order valence-electron chi connectivity index (χ0n) is 10.1. The van der Waals surface area contributed by atoms with Crippen molar-refractivity contribution in [2.45, 2.75) is 18.4 Å². The Labute approximate surface area is 108 Å². The first kappa shape index (κ1) is 15.5. The molecule has 0 radical (unpaired) electrons. The quantitative estimate of drug-likeness (QED) is 0.354. The number of nitrogen functional groups attached to an aromatic ring is 1. The van der Waals surface area contributed by atoms with Gasteiger partial charge in [0.2, 0.25) is 0 Å². The minimum absolute atomic E-state index is 0.0204. The second-order valence-corrected chi connectivity index (χ2v) is 3.79. The van der Waals surface area contributed by atoms with Crippen LogP contribution in [0, 0.1) is 0 Å². The molecule has 0 saturated carbocycles. The first-order valence-electron chi connectivity index (χ1n) is 5.54. The van der Waals surface area contributed by atoms with E-state index in [-0.39, 0.29) is 5.82 Å². The summed E-state index contributed by atoms with van der Waals surface area (Å²) in [5.74, 6) is 0.0204. The fourth-order valence-electron chi connectivity index (χ4n) is 1.42. The van der Waals surface area contributed by atoms with Crippen molar-refractivity contribution in [1.29, 1.82) is 0 Å². The molecule has 0 spiro atoms. The van der Waals surface area contributed by atoms with E-state index in [1.54, 1.807) is 0 Å². The number of anilines is 1. The molecule has 9 nitrogen and oxygen atoms in total. The van der Waals surface area contributed by atoms with E-state index in [0.29, 0.717) is 0 Å². The molecule has 9 heteroatoms. The van der Waals surface area contributed by atoms with Crippen molar-refractivity contribution in [3.05, 3.63) is 22.7 Å². The Morgan fingerprint density at radius 1 is 1.32 bits per heavy atom. The van der Waals surface area contributed by atoms with Gasteiger partial charge >= 0.3 is 5.69 Å². The van der Waals surface area contributed by atoms with E-state index in [2.05, 4.69) is 4.98 Å². The minimum atomic E-state index is -1.34. The summed E-state index contributed by atoms with van der Waals surface area (Å²) in [4.78, 5) is 15.0. The number of nitrogens with zero attached hydrogens (tertiary/aromatic N) is 2. The zero-order chi connectivity index (χ0) is 14.4. The van der Waals surface area contributed by atoms with E-state index < -0.39 is 43.9 Å². The highest BCUT2D eigenvalue weighted by Crippen LogP contribution is 2.11. The van der Waals surface area contributed by atoms with Gasteiger partial charge in [0.05, 0.1) is 19.8 Å². The van der Waals surface area contributed by atoms with Crippen molar-refractivity contribution < 1.29 is 25.2 Å². The molecular weight excluding hydrogens is 258 g/mol. The summed E-state index contributed by atoms with van der Waals surface area (Å²) in [5.41, 5.74) is 4.58. The van der Waals surface area contributed by atoms with Crippen molar-refractivity contribution in [1.82, 2.24) is 9.55 Å². The van der Waals surface area contributed by atoms with Crippen LogP contribution in [0.5, 0.6) is 0 Å². The first-order valence-corrected chi connectivity index (χ1v) is 5.54. The molecule has 0 unspecified atom stereocenters. The molecule has 0 aliphatic carbocycles. The second kappa shape index (κ2) is 7.16. The molecule has 6 N–H and O–H groups in total. The monoisotopic (exact) mass is 275 g/mol. The van der Waals surface area contributed by atoms with Crippen LogP contribution < -0.4 is 11.4 Å². The van der Waals surface area contributed by atoms with Crippen molar-refractivity contribution in [3.8, 4) is 0 Å². The lowest BCUT2D eigenvalue weighted by Crippen LogP contribution is -2.40. The van der Waals surface area contributed by atoms with Crippen molar-refractivity contribution in [3.63, 3.8) is 0 Å². The highest BCUT2D eigenvalue weighted by Gasteiger charge is 2.24. The topological polar surface area (TPSA) is 151 Å². The Morgan fingerprint density at radius 3 is 2.47 bits per heavy atom. The van der Waals surface area contributed by atoms with Crippen LogP contribution in [0.3, 0.4) is 0 Å². The molecule has 0 aliphatic rings. The lowest BCUT2D eigenvalue weighted by molar-refractivity contribution is -0.146. The van der Waals surface area contributed by atoms with Crippen LogP contribution in [0.1, 0.15) is 6.23 Å². The third-order valence-corrected chi connectivity index (χ3v) is 2.45. The van der Waals surface area contributed by atoms with Gasteiger partial charge in [0.25, 0.3) is 0 Å². The average molecular weight is 275 g/mol. The molecule has 0 aromatic carbocycles. The van der Waals surface area contributed by atoms with Crippen LogP contribution in [-0.2, 0) is 4.74 Å². The molecule has 0 fully saturated rings. The Hall–Kier alpha value is -1.52. The number of hydrogen-bond donors (Lipinski definition) is 5. The Bertz CT molecular complexity index is 451. The molecular formula is C10H17N3O6. The maximum Gasteiger partial charge on any atom is 0.351 e. The number of aromatic nitrogens is 2. The Kier molecular flexibility index (Phi) is 5.86. The average Bonchev–Trinajstić information content (AvgIpc) is 2.40. The van der Waals surface area contributed by atoms with Crippen LogP contribution in [0.2, 0.25) is 0 Å². The van der Waals surface area contributed by atoms with E-state index in [0.717, 1.165) is 4.57 Å². The molecule has 0 amide bonds. The smallest absolute Gasteiger partial charge is 0.351 e. The summed E-state index contributed by atoms with van der Waals surface area (Å²) >= 11 is 0. The normalized spacial score (nSPS) is 16.0. The summed E-state index contributed by atoms with van der Waals surface area (Å²) in [6, 6.07) is 1.34. The fourth-order valence-corrected chi connectivity index (χ4v) is 1.42. The van der Waals surface area contributed by atoms with Crippen molar-refractivity contribution in [2.24, 2.45) is 0 Å². The van der Waals surface area contributed by atoms with Gasteiger partial charge in [-0.15, -0.1) is 0 Å². The highest BCUT2D eigenvalue weighted by molar-refractivity contribution is 5.23. The third-order valence-electron chi connectivity index (χ3n) is 2.45. The van der Waals surface area contributed by atoms with E-state index in [1.165, 1.54) is 12.3 Å². The molecule has 1 heterocycles. The number of rotatable bonds is 7. The molecule has 1 aromatic heterocycles. The van der Waals surface area contributed by atoms with E-state index in [9.17, 15) is 15.0 Å². The molecule has 3 atom stereocenters. The second-order valence-electron chi connectivity index (χ2n) is 3.79. The van der Waals surface area contributed by atoms with Gasteiger partial charge in [0.15, 0.2) is 6.23 Å². The number of nitrogens with two attached hydrogens (primary N) is 1. The van der Waals surface area contributed by atoms with Gasteiger partial charge in [-0.05, 0) is 6.07 Å². The predicted octanol–water partition coefficient (Wildman–Crippen LogP) is -2.95. The largest absolute Gasteiger partial charge is 0.394 e. The Balaban J connectivity index is 2.91. The zero-order valence-corrected chi connectivity index (χ0v) is 10.1. The van der Waals surface area contributed by atoms with E-state index in [1.807, 2.05) is 0 Å². The van der Waals surface area contributed by atoms with Gasteiger partial charge in [-0.3, -0.25) is 4.57 Å². The third kappa shape index (κ3) is 3.98. The fraction of sp³-hybridized carbons (Fsp3) is 0.600. The summed E-state index contributed by atoms with van der Waals surface area (Å²) in [7, 11) is 0. The van der Waals surface area contributed by atoms with Crippen LogP contribution in [0.25, 0.3) is 0 Å². The highest BCUT2D eigenvalue weighted by atomic mass is 16.5. The molecule has 0 bridgehead atoms. The Morgan fingerprint density at radius 2 is 2.00 bits per heavy atom. The van der Waals surface area contributed by atoms with Crippen LogP contribution in [0.15, 0.2) is 17.1 Å². The van der Waals surface area contributed by atoms with Gasteiger partial charge in [-0.1, -0.05) is 0 Å². The van der Waals surface area contributed by atoms with Crippen LogP contribution in [-0.4, -0.2) is 62.0 Å². The molecule has 1 aromatic rings. The van der Waals surface area contributed by atoms with E-state index in [4.69, 9.17) is 20.7 Å². The van der Waals surface area contributed by atoms with Crippen molar-refractivity contribution >= 4 is 5.82 Å². The maximum absolute atomic E-state index is 11.6. The lowest BCUT2D eigenvalue weighted by Gasteiger charge is -2.26. The van der Waals surface area contributed by atoms with E-state index >= 15 is 0 Å². The molecule has 1 rings (SSSR count). The summed E-state index contributed by atoms with van der Waals surface area (Å²) in [6.07, 6.45) is -2.37. The summed E-state index contributed by atoms with van der Waals surface area (Å²) in [5, 5.41) is 36.4. The van der Waals surface area contributed by atoms with Crippen LogP contribution in [0.4, 0.5) is 5.82 Å². The van der Waals surface area contributed by atoms with Gasteiger partial charge < -0.3 is 30.9 Å². The SMILES string of the molecule is Nc1ccn([C@@H](CO)O[C@H](CO)[C@H](O)CO)c(=O)n1. The standard InChI is InChI=1S/C10H17N3O6/c11-8-1-2-13(10(18)12-8)9(5-16)19-7(4-15)6(17)3-14/h1-2,6-7,9,14-17H,3-5H2,(H2,11,12,18)/t6-,7-,9-/m1/s1. The number of hydrogen-bond acceptors (Lipinski definition) is 8. The number of ether oxygens (including phenoxy) is 1. The molecule has 0 aliphatic heterocycles. The van der Waals surface area contributed by atoms with Gasteiger partial charge in [-0.25, -0.2) is 4.79 Å².